The quantitative estimate of drug-likeness (QED) is 0.661. The first-order chi connectivity index (χ1) is 11.6. The molecule has 1 aromatic carbocycles. The highest BCUT2D eigenvalue weighted by Gasteiger charge is 2.26. The number of H-pyrrole nitrogens is 1. The van der Waals surface area contributed by atoms with Crippen molar-refractivity contribution in [2.24, 2.45) is 0 Å². The number of aromatic nitrogens is 1. The van der Waals surface area contributed by atoms with Gasteiger partial charge in [-0.3, -0.25) is 9.59 Å². The third-order valence-corrected chi connectivity index (χ3v) is 4.30. The third kappa shape index (κ3) is 3.71. The number of carbonyl (C=O) groups is 3. The SMILES string of the molecule is CC(=O)c1c(C)[nH]c(C(=O)[C@H](C)OC(=O)c2cc(C)ccc2C)c1C. The number of benzene rings is 1. The van der Waals surface area contributed by atoms with Crippen molar-refractivity contribution < 1.29 is 19.1 Å². The lowest BCUT2D eigenvalue weighted by Crippen LogP contribution is -2.25. The molecule has 132 valence electrons. The molecule has 1 aromatic heterocycles. The zero-order valence-corrected chi connectivity index (χ0v) is 15.4. The first-order valence-corrected chi connectivity index (χ1v) is 8.16. The van der Waals surface area contributed by atoms with E-state index in [2.05, 4.69) is 4.98 Å². The molecule has 1 N–H and O–H groups in total. The van der Waals surface area contributed by atoms with Crippen LogP contribution in [0.1, 0.15) is 67.4 Å². The Balaban J connectivity index is 2.24. The number of ether oxygens (including phenoxy) is 1. The molecule has 25 heavy (non-hydrogen) atoms. The van der Waals surface area contributed by atoms with Crippen LogP contribution in [0.15, 0.2) is 18.2 Å². The number of Topliss-reactive ketones (excluding diaryl/α,β-unsaturated/α-hetero) is 2. The van der Waals surface area contributed by atoms with E-state index in [9.17, 15) is 14.4 Å². The van der Waals surface area contributed by atoms with Crippen LogP contribution in [0, 0.1) is 27.7 Å². The van der Waals surface area contributed by atoms with Crippen LogP contribution in [-0.4, -0.2) is 28.6 Å². The van der Waals surface area contributed by atoms with Crippen molar-refractivity contribution in [3.8, 4) is 0 Å². The predicted molar refractivity (Wildman–Crippen MR) is 95.4 cm³/mol. The van der Waals surface area contributed by atoms with Gasteiger partial charge < -0.3 is 9.72 Å². The largest absolute Gasteiger partial charge is 0.451 e. The van der Waals surface area contributed by atoms with E-state index in [1.807, 2.05) is 26.0 Å². The lowest BCUT2D eigenvalue weighted by molar-refractivity contribution is 0.0316. The maximum absolute atomic E-state index is 12.7. The number of rotatable bonds is 5. The fourth-order valence-corrected chi connectivity index (χ4v) is 2.96. The van der Waals surface area contributed by atoms with Gasteiger partial charge >= 0.3 is 5.97 Å². The van der Waals surface area contributed by atoms with Gasteiger partial charge in [0, 0.05) is 11.3 Å². The second-order valence-corrected chi connectivity index (χ2v) is 6.41. The van der Waals surface area contributed by atoms with Crippen LogP contribution in [0.25, 0.3) is 0 Å². The zero-order chi connectivity index (χ0) is 18.9. The minimum atomic E-state index is -0.955. The van der Waals surface area contributed by atoms with Crippen molar-refractivity contribution in [3.63, 3.8) is 0 Å². The molecule has 1 atom stereocenters. The normalized spacial score (nSPS) is 11.9. The average Bonchev–Trinajstić information content (AvgIpc) is 2.83. The lowest BCUT2D eigenvalue weighted by Gasteiger charge is -2.13. The maximum atomic E-state index is 12.7. The fourth-order valence-electron chi connectivity index (χ4n) is 2.96. The zero-order valence-electron chi connectivity index (χ0n) is 15.4. The van der Waals surface area contributed by atoms with E-state index < -0.39 is 12.1 Å². The maximum Gasteiger partial charge on any atom is 0.339 e. The Bertz CT molecular complexity index is 861. The molecule has 0 saturated heterocycles. The first-order valence-electron chi connectivity index (χ1n) is 8.16. The van der Waals surface area contributed by atoms with Gasteiger partial charge in [-0.05, 0) is 58.7 Å². The van der Waals surface area contributed by atoms with Crippen LogP contribution in [0.4, 0.5) is 0 Å². The first kappa shape index (κ1) is 18.6. The molecule has 2 rings (SSSR count). The topological polar surface area (TPSA) is 76.2 Å². The molecule has 0 aliphatic carbocycles. The van der Waals surface area contributed by atoms with E-state index in [0.29, 0.717) is 28.1 Å². The molecular weight excluding hydrogens is 318 g/mol. The van der Waals surface area contributed by atoms with E-state index in [1.54, 1.807) is 19.9 Å². The average molecular weight is 341 g/mol. The smallest absolute Gasteiger partial charge is 0.339 e. The summed E-state index contributed by atoms with van der Waals surface area (Å²) in [6.45, 7) is 10.2. The number of hydrogen-bond donors (Lipinski definition) is 1. The Morgan fingerprint density at radius 2 is 1.72 bits per heavy atom. The molecule has 0 saturated carbocycles. The summed E-state index contributed by atoms with van der Waals surface area (Å²) in [5, 5.41) is 0. The summed E-state index contributed by atoms with van der Waals surface area (Å²) < 4.78 is 5.36. The summed E-state index contributed by atoms with van der Waals surface area (Å²) >= 11 is 0. The van der Waals surface area contributed by atoms with Crippen LogP contribution >= 0.6 is 0 Å². The molecule has 0 radical (unpaired) electrons. The fraction of sp³-hybridized carbons (Fsp3) is 0.350. The standard InChI is InChI=1S/C20H23NO4/c1-10-7-8-11(2)16(9-10)20(24)25-15(6)19(23)18-12(3)17(14(5)22)13(4)21-18/h7-9,15,21H,1-6H3/t15-/m0/s1. The van der Waals surface area contributed by atoms with Crippen molar-refractivity contribution in [1.29, 1.82) is 0 Å². The van der Waals surface area contributed by atoms with Crippen LogP contribution in [0.5, 0.6) is 0 Å². The van der Waals surface area contributed by atoms with E-state index >= 15 is 0 Å². The van der Waals surface area contributed by atoms with Crippen molar-refractivity contribution >= 4 is 17.5 Å². The number of ketones is 2. The number of carbonyl (C=O) groups excluding carboxylic acids is 3. The van der Waals surface area contributed by atoms with Gasteiger partial charge in [-0.25, -0.2) is 4.79 Å². The van der Waals surface area contributed by atoms with Gasteiger partial charge in [-0.15, -0.1) is 0 Å². The predicted octanol–water partition coefficient (Wildman–Crippen LogP) is 3.88. The minimum absolute atomic E-state index is 0.106. The summed E-state index contributed by atoms with van der Waals surface area (Å²) in [6, 6.07) is 5.50. The van der Waals surface area contributed by atoms with E-state index in [-0.39, 0.29) is 11.6 Å². The Morgan fingerprint density at radius 3 is 2.28 bits per heavy atom. The molecule has 0 unspecified atom stereocenters. The highest BCUT2D eigenvalue weighted by Crippen LogP contribution is 2.21. The molecule has 5 heteroatoms. The molecule has 0 amide bonds. The van der Waals surface area contributed by atoms with Crippen molar-refractivity contribution in [3.05, 3.63) is 57.4 Å². The van der Waals surface area contributed by atoms with E-state index in [4.69, 9.17) is 4.74 Å². The van der Waals surface area contributed by atoms with Gasteiger partial charge in [0.05, 0.1) is 11.3 Å². The van der Waals surface area contributed by atoms with E-state index in [1.165, 1.54) is 13.8 Å². The molecule has 2 aromatic rings. The summed E-state index contributed by atoms with van der Waals surface area (Å²) in [5.74, 6) is -0.994. The van der Waals surface area contributed by atoms with E-state index in [0.717, 1.165) is 11.1 Å². The molecule has 0 bridgehead atoms. The van der Waals surface area contributed by atoms with Gasteiger partial charge in [0.15, 0.2) is 11.9 Å². The third-order valence-electron chi connectivity index (χ3n) is 4.30. The van der Waals surface area contributed by atoms with Crippen LogP contribution < -0.4 is 0 Å². The highest BCUT2D eigenvalue weighted by molar-refractivity contribution is 6.05. The summed E-state index contributed by atoms with van der Waals surface area (Å²) in [5.41, 5.74) is 4.23. The number of aryl methyl sites for hydroxylation is 3. The molecule has 0 aliphatic rings. The Morgan fingerprint density at radius 1 is 1.08 bits per heavy atom. The number of nitrogens with one attached hydrogen (secondary N) is 1. The Hall–Kier alpha value is -2.69. The minimum Gasteiger partial charge on any atom is -0.451 e. The van der Waals surface area contributed by atoms with Crippen LogP contribution in [0.3, 0.4) is 0 Å². The Kier molecular flexibility index (Phi) is 5.26. The molecule has 0 spiro atoms. The second kappa shape index (κ2) is 7.05. The summed E-state index contributed by atoms with van der Waals surface area (Å²) in [4.78, 5) is 39.7. The van der Waals surface area contributed by atoms with Crippen LogP contribution in [-0.2, 0) is 4.74 Å². The van der Waals surface area contributed by atoms with Gasteiger partial charge in [0.25, 0.3) is 0 Å². The van der Waals surface area contributed by atoms with Gasteiger partial charge in [0.1, 0.15) is 0 Å². The molecule has 0 fully saturated rings. The van der Waals surface area contributed by atoms with Crippen molar-refractivity contribution in [1.82, 2.24) is 4.98 Å². The monoisotopic (exact) mass is 341 g/mol. The second-order valence-electron chi connectivity index (χ2n) is 6.41. The molecule has 5 nitrogen and oxygen atoms in total. The van der Waals surface area contributed by atoms with Crippen molar-refractivity contribution in [2.75, 3.05) is 0 Å². The molecule has 0 aliphatic heterocycles. The lowest BCUT2D eigenvalue weighted by atomic mass is 10.0. The summed E-state index contributed by atoms with van der Waals surface area (Å²) in [7, 11) is 0. The molecule has 1 heterocycles. The van der Waals surface area contributed by atoms with Crippen LogP contribution in [0.2, 0.25) is 0 Å². The number of hydrogen-bond acceptors (Lipinski definition) is 4. The number of esters is 1. The number of aromatic amines is 1. The van der Waals surface area contributed by atoms with Gasteiger partial charge in [-0.1, -0.05) is 17.7 Å². The van der Waals surface area contributed by atoms with Gasteiger partial charge in [0.2, 0.25) is 5.78 Å². The van der Waals surface area contributed by atoms with Gasteiger partial charge in [-0.2, -0.15) is 0 Å². The summed E-state index contributed by atoms with van der Waals surface area (Å²) in [6.07, 6.45) is -0.955. The van der Waals surface area contributed by atoms with Crippen molar-refractivity contribution in [2.45, 2.75) is 47.6 Å². The highest BCUT2D eigenvalue weighted by atomic mass is 16.5. The Labute approximate surface area is 147 Å². The molecular formula is C20H23NO4.